The van der Waals surface area contributed by atoms with Crippen molar-refractivity contribution in [2.75, 3.05) is 19.6 Å². The monoisotopic (exact) mass is 278 g/mol. The first kappa shape index (κ1) is 15.5. The molecule has 0 aliphatic carbocycles. The van der Waals surface area contributed by atoms with Gasteiger partial charge in [0.05, 0.1) is 6.33 Å². The predicted molar refractivity (Wildman–Crippen MR) is 83.7 cm³/mol. The third kappa shape index (κ3) is 4.60. The number of hydrogen-bond acceptors (Lipinski definition) is 3. The van der Waals surface area contributed by atoms with Crippen LogP contribution in [0.25, 0.3) is 0 Å². The largest absolute Gasteiger partial charge is 0.337 e. The lowest BCUT2D eigenvalue weighted by atomic mass is 9.98. The molecule has 20 heavy (non-hydrogen) atoms. The van der Waals surface area contributed by atoms with E-state index in [1.807, 2.05) is 12.5 Å². The van der Waals surface area contributed by atoms with Crippen LogP contribution in [-0.2, 0) is 6.54 Å². The molecule has 2 rings (SSSR count). The fourth-order valence-electron chi connectivity index (χ4n) is 3.13. The molecule has 1 aliphatic rings. The van der Waals surface area contributed by atoms with Gasteiger partial charge >= 0.3 is 0 Å². The number of rotatable bonds is 7. The highest BCUT2D eigenvalue weighted by atomic mass is 15.2. The highest BCUT2D eigenvalue weighted by Crippen LogP contribution is 2.17. The summed E-state index contributed by atoms with van der Waals surface area (Å²) in [6.45, 7) is 11.6. The van der Waals surface area contributed by atoms with Gasteiger partial charge in [-0.05, 0) is 25.2 Å². The van der Waals surface area contributed by atoms with Crippen LogP contribution in [0, 0.1) is 5.92 Å². The summed E-state index contributed by atoms with van der Waals surface area (Å²) >= 11 is 0. The molecule has 114 valence electrons. The van der Waals surface area contributed by atoms with Gasteiger partial charge in [-0.15, -0.1) is 0 Å². The quantitative estimate of drug-likeness (QED) is 0.831. The van der Waals surface area contributed by atoms with Crippen LogP contribution >= 0.6 is 0 Å². The zero-order valence-corrected chi connectivity index (χ0v) is 13.3. The molecule has 2 heterocycles. The van der Waals surface area contributed by atoms with Crippen molar-refractivity contribution >= 4 is 0 Å². The van der Waals surface area contributed by atoms with Gasteiger partial charge in [0.15, 0.2) is 0 Å². The second kappa shape index (κ2) is 7.79. The summed E-state index contributed by atoms with van der Waals surface area (Å²) in [4.78, 5) is 6.82. The molecule has 1 aromatic rings. The number of nitrogens with one attached hydrogen (secondary N) is 1. The van der Waals surface area contributed by atoms with Crippen LogP contribution in [0.1, 0.15) is 40.0 Å². The Balaban J connectivity index is 1.82. The van der Waals surface area contributed by atoms with Crippen LogP contribution in [0.2, 0.25) is 0 Å². The number of nitrogens with zero attached hydrogens (tertiary/aromatic N) is 3. The Morgan fingerprint density at radius 1 is 1.35 bits per heavy atom. The molecule has 4 nitrogen and oxygen atoms in total. The van der Waals surface area contributed by atoms with E-state index in [1.165, 1.54) is 32.4 Å². The van der Waals surface area contributed by atoms with Gasteiger partial charge in [-0.1, -0.05) is 20.8 Å². The topological polar surface area (TPSA) is 33.1 Å². The summed E-state index contributed by atoms with van der Waals surface area (Å²) in [7, 11) is 0. The van der Waals surface area contributed by atoms with E-state index in [1.54, 1.807) is 0 Å². The van der Waals surface area contributed by atoms with Crippen molar-refractivity contribution < 1.29 is 0 Å². The maximum atomic E-state index is 4.11. The van der Waals surface area contributed by atoms with Gasteiger partial charge in [0.25, 0.3) is 0 Å². The van der Waals surface area contributed by atoms with Crippen molar-refractivity contribution in [3.63, 3.8) is 0 Å². The average molecular weight is 278 g/mol. The van der Waals surface area contributed by atoms with Crippen LogP contribution in [-0.4, -0.2) is 46.2 Å². The second-order valence-corrected chi connectivity index (χ2v) is 6.45. The van der Waals surface area contributed by atoms with Crippen molar-refractivity contribution in [1.82, 2.24) is 19.8 Å². The summed E-state index contributed by atoms with van der Waals surface area (Å²) < 4.78 is 2.18. The van der Waals surface area contributed by atoms with E-state index in [2.05, 4.69) is 46.7 Å². The zero-order chi connectivity index (χ0) is 14.4. The first-order valence-corrected chi connectivity index (χ1v) is 8.12. The molecule has 4 heteroatoms. The van der Waals surface area contributed by atoms with E-state index in [4.69, 9.17) is 0 Å². The predicted octanol–water partition coefficient (Wildman–Crippen LogP) is 2.37. The Kier molecular flexibility index (Phi) is 6.05. The normalized spacial score (nSPS) is 24.4. The van der Waals surface area contributed by atoms with E-state index in [0.29, 0.717) is 12.1 Å². The highest BCUT2D eigenvalue weighted by molar-refractivity contribution is 4.86. The van der Waals surface area contributed by atoms with Crippen molar-refractivity contribution in [3.05, 3.63) is 18.7 Å². The number of imidazole rings is 1. The lowest BCUT2D eigenvalue weighted by Crippen LogP contribution is -2.56. The molecular weight excluding hydrogens is 248 g/mol. The smallest absolute Gasteiger partial charge is 0.0945 e. The average Bonchev–Trinajstić information content (AvgIpc) is 2.93. The van der Waals surface area contributed by atoms with Gasteiger partial charge in [0, 0.05) is 50.7 Å². The lowest BCUT2D eigenvalue weighted by Gasteiger charge is -2.41. The maximum Gasteiger partial charge on any atom is 0.0945 e. The molecule has 1 saturated heterocycles. The third-order valence-corrected chi connectivity index (χ3v) is 4.27. The Labute approximate surface area is 123 Å². The van der Waals surface area contributed by atoms with Crippen molar-refractivity contribution in [1.29, 1.82) is 0 Å². The van der Waals surface area contributed by atoms with Crippen molar-refractivity contribution in [3.8, 4) is 0 Å². The molecule has 2 atom stereocenters. The van der Waals surface area contributed by atoms with E-state index < -0.39 is 0 Å². The molecule has 0 saturated carbocycles. The Morgan fingerprint density at radius 3 is 2.85 bits per heavy atom. The molecule has 0 aromatic carbocycles. The molecule has 1 aromatic heterocycles. The maximum absolute atomic E-state index is 4.11. The summed E-state index contributed by atoms with van der Waals surface area (Å²) in [5.41, 5.74) is 0. The molecule has 0 radical (unpaired) electrons. The van der Waals surface area contributed by atoms with E-state index in [-0.39, 0.29) is 0 Å². The van der Waals surface area contributed by atoms with Gasteiger partial charge in [0.1, 0.15) is 0 Å². The fourth-order valence-corrected chi connectivity index (χ4v) is 3.13. The third-order valence-electron chi connectivity index (χ3n) is 4.27. The first-order chi connectivity index (χ1) is 9.69. The van der Waals surface area contributed by atoms with E-state index in [0.717, 1.165) is 19.0 Å². The highest BCUT2D eigenvalue weighted by Gasteiger charge is 2.26. The van der Waals surface area contributed by atoms with E-state index in [9.17, 15) is 0 Å². The molecule has 1 fully saturated rings. The molecule has 0 bridgehead atoms. The van der Waals surface area contributed by atoms with Gasteiger partial charge in [-0.3, -0.25) is 4.90 Å². The molecular formula is C16H30N4. The Hall–Kier alpha value is -0.870. The molecule has 2 unspecified atom stereocenters. The van der Waals surface area contributed by atoms with E-state index >= 15 is 0 Å². The van der Waals surface area contributed by atoms with Crippen molar-refractivity contribution in [2.45, 2.75) is 58.7 Å². The number of piperazine rings is 1. The zero-order valence-electron chi connectivity index (χ0n) is 13.3. The van der Waals surface area contributed by atoms with Crippen LogP contribution in [0.4, 0.5) is 0 Å². The first-order valence-electron chi connectivity index (χ1n) is 8.12. The number of aromatic nitrogens is 2. The van der Waals surface area contributed by atoms with Gasteiger partial charge in [0.2, 0.25) is 0 Å². The molecule has 1 N–H and O–H groups in total. The Bertz CT molecular complexity index is 361. The molecule has 0 spiro atoms. The van der Waals surface area contributed by atoms with Gasteiger partial charge in [-0.2, -0.15) is 0 Å². The summed E-state index contributed by atoms with van der Waals surface area (Å²) in [6.07, 6.45) is 9.57. The van der Waals surface area contributed by atoms with Crippen LogP contribution in [0.15, 0.2) is 18.7 Å². The summed E-state index contributed by atoms with van der Waals surface area (Å²) in [5.74, 6) is 0.774. The minimum Gasteiger partial charge on any atom is -0.337 e. The SMILES string of the molecule is CCC1CN(CCCn2ccnc2)C(CC(C)C)CN1. The minimum absolute atomic E-state index is 0.673. The minimum atomic E-state index is 0.673. The number of hydrogen-bond donors (Lipinski definition) is 1. The van der Waals surface area contributed by atoms with Crippen LogP contribution in [0.3, 0.4) is 0 Å². The fraction of sp³-hybridized carbons (Fsp3) is 0.812. The summed E-state index contributed by atoms with van der Waals surface area (Å²) in [5, 5.41) is 3.70. The van der Waals surface area contributed by atoms with Crippen molar-refractivity contribution in [2.24, 2.45) is 5.92 Å². The lowest BCUT2D eigenvalue weighted by molar-refractivity contribution is 0.110. The standard InChI is InChI=1S/C16H30N4/c1-4-15-12-20(16(11-18-15)10-14(2)3)8-5-7-19-9-6-17-13-19/h6,9,13-16,18H,4-5,7-8,10-12H2,1-3H3. The number of aryl methyl sites for hydroxylation is 1. The second-order valence-electron chi connectivity index (χ2n) is 6.45. The van der Waals surface area contributed by atoms with Gasteiger partial charge < -0.3 is 9.88 Å². The van der Waals surface area contributed by atoms with Gasteiger partial charge in [-0.25, -0.2) is 4.98 Å². The summed E-state index contributed by atoms with van der Waals surface area (Å²) in [6, 6.07) is 1.38. The Morgan fingerprint density at radius 2 is 2.20 bits per heavy atom. The van der Waals surface area contributed by atoms with Crippen LogP contribution < -0.4 is 5.32 Å². The molecule has 0 amide bonds. The van der Waals surface area contributed by atoms with Crippen LogP contribution in [0.5, 0.6) is 0 Å². The molecule has 1 aliphatic heterocycles.